The van der Waals surface area contributed by atoms with E-state index in [9.17, 15) is 4.79 Å². The number of rotatable bonds is 5. The van der Waals surface area contributed by atoms with Crippen LogP contribution in [0.4, 0.5) is 5.69 Å². The van der Waals surface area contributed by atoms with Crippen molar-refractivity contribution in [2.75, 3.05) is 11.4 Å². The second-order valence-corrected chi connectivity index (χ2v) is 8.22. The van der Waals surface area contributed by atoms with Crippen molar-refractivity contribution in [3.8, 4) is 11.3 Å². The normalized spacial score (nSPS) is 14.0. The Morgan fingerprint density at radius 2 is 2.00 bits per heavy atom. The summed E-state index contributed by atoms with van der Waals surface area (Å²) in [4.78, 5) is 27.5. The van der Waals surface area contributed by atoms with Crippen molar-refractivity contribution in [2.24, 2.45) is 0 Å². The predicted molar refractivity (Wildman–Crippen MR) is 123 cm³/mol. The van der Waals surface area contributed by atoms with Crippen molar-refractivity contribution in [1.29, 1.82) is 0 Å². The zero-order valence-electron chi connectivity index (χ0n) is 18.1. The fourth-order valence-electron chi connectivity index (χ4n) is 3.94. The maximum Gasteiger partial charge on any atom is 0.250 e. The highest BCUT2D eigenvalue weighted by Gasteiger charge is 2.16. The van der Waals surface area contributed by atoms with Gasteiger partial charge < -0.3 is 4.90 Å². The summed E-state index contributed by atoms with van der Waals surface area (Å²) in [7, 11) is 0. The lowest BCUT2D eigenvalue weighted by atomic mass is 10.0. The molecule has 0 bridgehead atoms. The summed E-state index contributed by atoms with van der Waals surface area (Å²) in [6.45, 7) is 5.02. The van der Waals surface area contributed by atoms with Crippen LogP contribution in [-0.4, -0.2) is 37.0 Å². The molecule has 0 radical (unpaired) electrons. The molecular formula is C25H24N6O. The van der Waals surface area contributed by atoms with E-state index in [-0.39, 0.29) is 5.91 Å². The van der Waals surface area contributed by atoms with Crippen molar-refractivity contribution in [3.05, 3.63) is 84.4 Å². The minimum Gasteiger partial charge on any atom is -0.307 e. The van der Waals surface area contributed by atoms with Crippen molar-refractivity contribution in [1.82, 2.24) is 24.6 Å². The SMILES string of the molecule is CC(C)c1cnn2ccc(-c3ccnc(Cc4ccc(N5CCC=CC5=O)cn4)n3)cc12. The van der Waals surface area contributed by atoms with Crippen LogP contribution in [0, 0.1) is 0 Å². The van der Waals surface area contributed by atoms with Gasteiger partial charge in [0.25, 0.3) is 5.91 Å². The molecule has 0 aliphatic carbocycles. The summed E-state index contributed by atoms with van der Waals surface area (Å²) < 4.78 is 1.90. The maximum absolute atomic E-state index is 12.1. The minimum absolute atomic E-state index is 0.00221. The average molecular weight is 425 g/mol. The molecule has 0 unspecified atom stereocenters. The van der Waals surface area contributed by atoms with E-state index in [0.717, 1.165) is 34.6 Å². The van der Waals surface area contributed by atoms with Crippen molar-refractivity contribution < 1.29 is 4.79 Å². The molecule has 1 amide bonds. The first-order valence-electron chi connectivity index (χ1n) is 10.8. The molecular weight excluding hydrogens is 400 g/mol. The second-order valence-electron chi connectivity index (χ2n) is 8.22. The number of pyridine rings is 2. The number of carbonyl (C=O) groups excluding carboxylic acids is 1. The number of hydrogen-bond donors (Lipinski definition) is 0. The molecule has 0 saturated heterocycles. The minimum atomic E-state index is -0.00221. The van der Waals surface area contributed by atoms with Gasteiger partial charge in [-0.2, -0.15) is 5.10 Å². The number of anilines is 1. The fourth-order valence-corrected chi connectivity index (χ4v) is 3.94. The second kappa shape index (κ2) is 8.34. The van der Waals surface area contributed by atoms with Crippen LogP contribution >= 0.6 is 0 Å². The van der Waals surface area contributed by atoms with Crippen LogP contribution in [0.5, 0.6) is 0 Å². The molecule has 7 heteroatoms. The molecule has 0 fully saturated rings. The Hall–Kier alpha value is -3.87. The highest BCUT2D eigenvalue weighted by molar-refractivity contribution is 6.02. The van der Waals surface area contributed by atoms with Gasteiger partial charge in [0.2, 0.25) is 0 Å². The molecule has 0 aromatic carbocycles. The van der Waals surface area contributed by atoms with Gasteiger partial charge in [0.15, 0.2) is 0 Å². The highest BCUT2D eigenvalue weighted by Crippen LogP contribution is 2.25. The fraction of sp³-hybridized carbons (Fsp3) is 0.240. The molecule has 0 atom stereocenters. The maximum atomic E-state index is 12.1. The van der Waals surface area contributed by atoms with Crippen molar-refractivity contribution in [2.45, 2.75) is 32.6 Å². The molecule has 5 rings (SSSR count). The molecule has 5 heterocycles. The lowest BCUT2D eigenvalue weighted by Crippen LogP contribution is -2.32. The Bertz CT molecular complexity index is 1310. The third-order valence-corrected chi connectivity index (χ3v) is 5.68. The number of aromatic nitrogens is 5. The van der Waals surface area contributed by atoms with Gasteiger partial charge in [0.1, 0.15) is 5.82 Å². The van der Waals surface area contributed by atoms with Gasteiger partial charge in [-0.1, -0.05) is 19.9 Å². The first-order valence-corrected chi connectivity index (χ1v) is 10.8. The van der Waals surface area contributed by atoms with Crippen LogP contribution in [-0.2, 0) is 11.2 Å². The number of carbonyl (C=O) groups is 1. The largest absolute Gasteiger partial charge is 0.307 e. The van der Waals surface area contributed by atoms with Crippen molar-refractivity contribution in [3.63, 3.8) is 0 Å². The van der Waals surface area contributed by atoms with Crippen LogP contribution in [0.1, 0.15) is 43.3 Å². The Kier molecular flexibility index (Phi) is 5.23. The zero-order valence-corrected chi connectivity index (χ0v) is 18.1. The first-order chi connectivity index (χ1) is 15.6. The number of nitrogens with zero attached hydrogens (tertiary/aromatic N) is 6. The zero-order chi connectivity index (χ0) is 22.1. The lowest BCUT2D eigenvalue weighted by molar-refractivity contribution is -0.114. The van der Waals surface area contributed by atoms with Crippen LogP contribution in [0.15, 0.2) is 67.3 Å². The molecule has 32 heavy (non-hydrogen) atoms. The Labute approximate surface area is 186 Å². The van der Waals surface area contributed by atoms with Gasteiger partial charge in [-0.15, -0.1) is 0 Å². The molecule has 0 N–H and O–H groups in total. The molecule has 160 valence electrons. The molecule has 7 nitrogen and oxygen atoms in total. The van der Waals surface area contributed by atoms with Crippen LogP contribution in [0.3, 0.4) is 0 Å². The number of fused-ring (bicyclic) bond motifs is 1. The Morgan fingerprint density at radius 1 is 1.09 bits per heavy atom. The third kappa shape index (κ3) is 3.89. The van der Waals surface area contributed by atoms with Gasteiger partial charge in [-0.25, -0.2) is 14.5 Å². The van der Waals surface area contributed by atoms with Crippen LogP contribution < -0.4 is 4.90 Å². The van der Waals surface area contributed by atoms with Gasteiger partial charge in [-0.05, 0) is 48.7 Å². The molecule has 0 saturated carbocycles. The first kappa shape index (κ1) is 20.1. The van der Waals surface area contributed by atoms with E-state index in [1.54, 1.807) is 23.4 Å². The van der Waals surface area contributed by atoms with E-state index in [4.69, 9.17) is 4.98 Å². The average Bonchev–Trinajstić information content (AvgIpc) is 3.24. The molecule has 4 aromatic rings. The van der Waals surface area contributed by atoms with E-state index in [2.05, 4.69) is 35.0 Å². The summed E-state index contributed by atoms with van der Waals surface area (Å²) in [5.41, 5.74) is 5.89. The van der Waals surface area contributed by atoms with Gasteiger partial charge in [0.05, 0.1) is 35.7 Å². The summed E-state index contributed by atoms with van der Waals surface area (Å²) in [5, 5.41) is 4.44. The van der Waals surface area contributed by atoms with Gasteiger partial charge in [-0.3, -0.25) is 9.78 Å². The Balaban J connectivity index is 1.38. The number of hydrogen-bond acceptors (Lipinski definition) is 5. The molecule has 1 aliphatic rings. The monoisotopic (exact) mass is 424 g/mol. The van der Waals surface area contributed by atoms with E-state index in [1.807, 2.05) is 47.3 Å². The van der Waals surface area contributed by atoms with Crippen LogP contribution in [0.2, 0.25) is 0 Å². The standard InChI is InChI=1S/C25H24N6O/c1-17(2)21-16-28-31-12-9-18(13-23(21)31)22-8-10-26-24(29-22)14-19-6-7-20(15-27-19)30-11-4-3-5-25(30)32/h3,5-10,12-13,15-17H,4,11,14H2,1-2H3. The topological polar surface area (TPSA) is 76.3 Å². The van der Waals surface area contributed by atoms with E-state index >= 15 is 0 Å². The van der Waals surface area contributed by atoms with E-state index < -0.39 is 0 Å². The smallest absolute Gasteiger partial charge is 0.250 e. The Morgan fingerprint density at radius 3 is 2.78 bits per heavy atom. The van der Waals surface area contributed by atoms with E-state index in [0.29, 0.717) is 24.7 Å². The summed E-state index contributed by atoms with van der Waals surface area (Å²) in [5.74, 6) is 1.10. The lowest BCUT2D eigenvalue weighted by Gasteiger charge is -2.23. The third-order valence-electron chi connectivity index (χ3n) is 5.68. The molecule has 4 aromatic heterocycles. The highest BCUT2D eigenvalue weighted by atomic mass is 16.2. The molecule has 0 spiro atoms. The van der Waals surface area contributed by atoms with Crippen LogP contribution in [0.25, 0.3) is 16.8 Å². The van der Waals surface area contributed by atoms with Gasteiger partial charge in [0, 0.05) is 35.8 Å². The van der Waals surface area contributed by atoms with Crippen molar-refractivity contribution >= 4 is 17.1 Å². The van der Waals surface area contributed by atoms with E-state index in [1.165, 1.54) is 5.56 Å². The number of amides is 1. The quantitative estimate of drug-likeness (QED) is 0.480. The summed E-state index contributed by atoms with van der Waals surface area (Å²) in [6.07, 6.45) is 12.3. The molecule has 1 aliphatic heterocycles. The van der Waals surface area contributed by atoms with Gasteiger partial charge >= 0.3 is 0 Å². The predicted octanol–water partition coefficient (Wildman–Crippen LogP) is 4.19. The summed E-state index contributed by atoms with van der Waals surface area (Å²) in [6, 6.07) is 9.94. The summed E-state index contributed by atoms with van der Waals surface area (Å²) >= 11 is 0.